The van der Waals surface area contributed by atoms with E-state index in [1.807, 2.05) is 17.8 Å². The van der Waals surface area contributed by atoms with Crippen molar-refractivity contribution >= 4 is 33.1 Å². The molecule has 1 aromatic heterocycles. The van der Waals surface area contributed by atoms with Gasteiger partial charge in [-0.25, -0.2) is 8.42 Å². The molecule has 1 aliphatic rings. The molecule has 1 N–H and O–H groups in total. The maximum absolute atomic E-state index is 12.6. The van der Waals surface area contributed by atoms with E-state index in [-0.39, 0.29) is 6.04 Å². The van der Waals surface area contributed by atoms with Crippen LogP contribution < -0.4 is 5.32 Å². The summed E-state index contributed by atoms with van der Waals surface area (Å²) in [6, 6.07) is 3.85. The zero-order valence-electron chi connectivity index (χ0n) is 12.7. The minimum absolute atomic E-state index is 0.150. The van der Waals surface area contributed by atoms with Crippen molar-refractivity contribution in [2.45, 2.75) is 36.4 Å². The van der Waals surface area contributed by atoms with Gasteiger partial charge in [0.05, 0.1) is 0 Å². The Kier molecular flexibility index (Phi) is 6.55. The van der Waals surface area contributed by atoms with Gasteiger partial charge < -0.3 is 5.32 Å². The predicted molar refractivity (Wildman–Crippen MR) is 91.9 cm³/mol. The highest BCUT2D eigenvalue weighted by Crippen LogP contribution is 2.29. The van der Waals surface area contributed by atoms with Gasteiger partial charge in [-0.1, -0.05) is 6.92 Å². The fourth-order valence-electron chi connectivity index (χ4n) is 2.29. The van der Waals surface area contributed by atoms with Crippen molar-refractivity contribution in [3.8, 4) is 0 Å². The fourth-order valence-corrected chi connectivity index (χ4v) is 6.58. The van der Waals surface area contributed by atoms with E-state index in [4.69, 9.17) is 0 Å². The largest absolute Gasteiger partial charge is 0.316 e. The standard InChI is InChI=1S/C14H24N2O2S3/c1-3-8-15-9-6-13-4-5-14(20-13)21(17,18)16(2)12-7-10-19-11-12/h4-5,12,15H,3,6-11H2,1-2H3. The molecule has 7 heteroatoms. The molecular weight excluding hydrogens is 324 g/mol. The highest BCUT2D eigenvalue weighted by Gasteiger charge is 2.31. The molecule has 1 aromatic rings. The van der Waals surface area contributed by atoms with E-state index in [0.29, 0.717) is 4.21 Å². The third-order valence-corrected chi connectivity index (χ3v) is 8.33. The maximum atomic E-state index is 12.6. The smallest absolute Gasteiger partial charge is 0.252 e. The van der Waals surface area contributed by atoms with Gasteiger partial charge in [-0.05, 0) is 50.2 Å². The van der Waals surface area contributed by atoms with Gasteiger partial charge in [0, 0.05) is 23.7 Å². The molecule has 0 aromatic carbocycles. The SMILES string of the molecule is CCCNCCc1ccc(S(=O)(=O)N(C)C2CCSC2)s1. The summed E-state index contributed by atoms with van der Waals surface area (Å²) in [5.74, 6) is 1.97. The fraction of sp³-hybridized carbons (Fsp3) is 0.714. The first-order chi connectivity index (χ1) is 10.1. The van der Waals surface area contributed by atoms with E-state index in [9.17, 15) is 8.42 Å². The van der Waals surface area contributed by atoms with Gasteiger partial charge in [0.25, 0.3) is 10.0 Å². The van der Waals surface area contributed by atoms with Crippen LogP contribution in [0.15, 0.2) is 16.3 Å². The Morgan fingerprint density at radius 2 is 2.19 bits per heavy atom. The number of nitrogens with one attached hydrogen (secondary N) is 1. The van der Waals surface area contributed by atoms with Gasteiger partial charge in [-0.15, -0.1) is 11.3 Å². The zero-order chi connectivity index (χ0) is 15.3. The van der Waals surface area contributed by atoms with E-state index in [1.165, 1.54) is 11.3 Å². The molecule has 0 aliphatic carbocycles. The van der Waals surface area contributed by atoms with Crippen LogP contribution in [0.2, 0.25) is 0 Å². The number of hydrogen-bond acceptors (Lipinski definition) is 5. The first kappa shape index (κ1) is 17.3. The normalized spacial score (nSPS) is 19.5. The van der Waals surface area contributed by atoms with E-state index >= 15 is 0 Å². The molecule has 4 nitrogen and oxygen atoms in total. The highest BCUT2D eigenvalue weighted by molar-refractivity contribution is 7.99. The molecule has 1 saturated heterocycles. The molecule has 0 spiro atoms. The lowest BCUT2D eigenvalue weighted by Gasteiger charge is -2.22. The average molecular weight is 349 g/mol. The van der Waals surface area contributed by atoms with Crippen LogP contribution in [0.5, 0.6) is 0 Å². The minimum Gasteiger partial charge on any atom is -0.316 e. The second-order valence-corrected chi connectivity index (χ2v) is 9.80. The number of thioether (sulfide) groups is 1. The van der Waals surface area contributed by atoms with Gasteiger partial charge in [-0.2, -0.15) is 16.1 Å². The lowest BCUT2D eigenvalue weighted by atomic mass is 10.3. The van der Waals surface area contributed by atoms with Crippen molar-refractivity contribution in [2.24, 2.45) is 0 Å². The summed E-state index contributed by atoms with van der Waals surface area (Å²) in [4.78, 5) is 1.13. The van der Waals surface area contributed by atoms with Crippen molar-refractivity contribution in [3.05, 3.63) is 17.0 Å². The van der Waals surface area contributed by atoms with Crippen LogP contribution in [-0.4, -0.2) is 50.4 Å². The first-order valence-corrected chi connectivity index (χ1v) is 10.8. The molecule has 0 amide bonds. The maximum Gasteiger partial charge on any atom is 0.252 e. The van der Waals surface area contributed by atoms with Gasteiger partial charge >= 0.3 is 0 Å². The van der Waals surface area contributed by atoms with E-state index in [1.54, 1.807) is 17.4 Å². The van der Waals surface area contributed by atoms with E-state index in [0.717, 1.165) is 48.7 Å². The molecule has 120 valence electrons. The van der Waals surface area contributed by atoms with Crippen molar-refractivity contribution < 1.29 is 8.42 Å². The zero-order valence-corrected chi connectivity index (χ0v) is 15.1. The lowest BCUT2D eigenvalue weighted by molar-refractivity contribution is 0.396. The van der Waals surface area contributed by atoms with Crippen molar-refractivity contribution in [1.82, 2.24) is 9.62 Å². The molecular formula is C14H24N2O2S3. The van der Waals surface area contributed by atoms with Crippen LogP contribution in [0.4, 0.5) is 0 Å². The Morgan fingerprint density at radius 1 is 1.38 bits per heavy atom. The molecule has 1 atom stereocenters. The Hall–Kier alpha value is -0.0800. The second kappa shape index (κ2) is 7.97. The monoisotopic (exact) mass is 348 g/mol. The van der Waals surface area contributed by atoms with Crippen molar-refractivity contribution in [3.63, 3.8) is 0 Å². The van der Waals surface area contributed by atoms with Crippen LogP contribution in [0.1, 0.15) is 24.6 Å². The van der Waals surface area contributed by atoms with Crippen LogP contribution in [0.25, 0.3) is 0 Å². The Labute approximate surface area is 136 Å². The number of hydrogen-bond donors (Lipinski definition) is 1. The molecule has 2 rings (SSSR count). The Morgan fingerprint density at radius 3 is 2.86 bits per heavy atom. The number of nitrogens with zero attached hydrogens (tertiary/aromatic N) is 1. The van der Waals surface area contributed by atoms with Crippen molar-refractivity contribution in [1.29, 1.82) is 0 Å². The Balaban J connectivity index is 1.98. The third kappa shape index (κ3) is 4.45. The number of thiophene rings is 1. The highest BCUT2D eigenvalue weighted by atomic mass is 32.2. The molecule has 0 saturated carbocycles. The quantitative estimate of drug-likeness (QED) is 0.733. The summed E-state index contributed by atoms with van der Waals surface area (Å²) in [5.41, 5.74) is 0. The third-order valence-electron chi connectivity index (χ3n) is 3.67. The van der Waals surface area contributed by atoms with Gasteiger partial charge in [0.2, 0.25) is 0 Å². The molecule has 1 fully saturated rings. The number of rotatable bonds is 8. The second-order valence-electron chi connectivity index (χ2n) is 5.26. The molecule has 1 aliphatic heterocycles. The van der Waals surface area contributed by atoms with E-state index < -0.39 is 10.0 Å². The predicted octanol–water partition coefficient (Wildman–Crippen LogP) is 2.42. The average Bonchev–Trinajstić information content (AvgIpc) is 3.14. The van der Waals surface area contributed by atoms with Crippen LogP contribution in [-0.2, 0) is 16.4 Å². The molecule has 2 heterocycles. The van der Waals surface area contributed by atoms with Gasteiger partial charge in [-0.3, -0.25) is 0 Å². The summed E-state index contributed by atoms with van der Waals surface area (Å²) in [7, 11) is -1.60. The summed E-state index contributed by atoms with van der Waals surface area (Å²) in [6.45, 7) is 4.06. The summed E-state index contributed by atoms with van der Waals surface area (Å²) >= 11 is 3.24. The molecule has 21 heavy (non-hydrogen) atoms. The molecule has 0 radical (unpaired) electrons. The Bertz CT molecular complexity index is 536. The summed E-state index contributed by atoms with van der Waals surface area (Å²) in [6.07, 6.45) is 2.97. The van der Waals surface area contributed by atoms with Crippen LogP contribution in [0.3, 0.4) is 0 Å². The molecule has 1 unspecified atom stereocenters. The van der Waals surface area contributed by atoms with Crippen molar-refractivity contribution in [2.75, 3.05) is 31.6 Å². The lowest BCUT2D eigenvalue weighted by Crippen LogP contribution is -2.36. The van der Waals surface area contributed by atoms with Crippen LogP contribution in [0, 0.1) is 0 Å². The van der Waals surface area contributed by atoms with Gasteiger partial charge in [0.15, 0.2) is 0 Å². The topological polar surface area (TPSA) is 49.4 Å². The first-order valence-electron chi connectivity index (χ1n) is 7.41. The molecule has 0 bridgehead atoms. The number of sulfonamides is 1. The summed E-state index contributed by atoms with van der Waals surface area (Å²) < 4.78 is 27.3. The van der Waals surface area contributed by atoms with Gasteiger partial charge in [0.1, 0.15) is 4.21 Å². The van der Waals surface area contributed by atoms with E-state index in [2.05, 4.69) is 12.2 Å². The van der Waals surface area contributed by atoms with Crippen LogP contribution >= 0.6 is 23.1 Å². The minimum atomic E-state index is -3.32. The summed E-state index contributed by atoms with van der Waals surface area (Å²) in [5, 5.41) is 3.34.